The topological polar surface area (TPSA) is 85.0 Å². The number of nitrogens with one attached hydrogen (secondary N) is 2. The summed E-state index contributed by atoms with van der Waals surface area (Å²) in [4.78, 5) is 17.1. The molecular formula is C33H30ClN5O. The lowest BCUT2D eigenvalue weighted by molar-refractivity contribution is 0.100. The highest BCUT2D eigenvalue weighted by Crippen LogP contribution is 2.39. The third kappa shape index (κ3) is 4.45. The first-order valence-electron chi connectivity index (χ1n) is 13.5. The first-order valence-corrected chi connectivity index (χ1v) is 13.5. The molecule has 4 aromatic carbocycles. The van der Waals surface area contributed by atoms with Crippen molar-refractivity contribution in [2.45, 2.75) is 18.9 Å². The van der Waals surface area contributed by atoms with Crippen LogP contribution in [0.3, 0.4) is 0 Å². The highest BCUT2D eigenvalue weighted by atomic mass is 35.5. The lowest BCUT2D eigenvalue weighted by Crippen LogP contribution is -2.35. The summed E-state index contributed by atoms with van der Waals surface area (Å²) >= 11 is 0. The van der Waals surface area contributed by atoms with Gasteiger partial charge in [0.05, 0.1) is 22.1 Å². The van der Waals surface area contributed by atoms with Gasteiger partial charge in [-0.1, -0.05) is 48.5 Å². The molecule has 1 aliphatic heterocycles. The Hall–Kier alpha value is -4.39. The van der Waals surface area contributed by atoms with E-state index in [2.05, 4.69) is 75.9 Å². The van der Waals surface area contributed by atoms with E-state index in [0.29, 0.717) is 11.6 Å². The van der Waals surface area contributed by atoms with Crippen LogP contribution in [0.4, 0.5) is 5.69 Å². The fourth-order valence-corrected chi connectivity index (χ4v) is 5.95. The zero-order valence-corrected chi connectivity index (χ0v) is 22.7. The van der Waals surface area contributed by atoms with Crippen LogP contribution in [0.5, 0.6) is 0 Å². The van der Waals surface area contributed by atoms with Gasteiger partial charge in [0.25, 0.3) is 5.91 Å². The highest BCUT2D eigenvalue weighted by Gasteiger charge is 2.20. The number of amides is 1. The van der Waals surface area contributed by atoms with Gasteiger partial charge in [0.1, 0.15) is 0 Å². The average molecular weight is 548 g/mol. The normalized spacial score (nSPS) is 13.9. The lowest BCUT2D eigenvalue weighted by Gasteiger charge is -2.26. The molecule has 0 bridgehead atoms. The fraction of sp³-hybridized carbons (Fsp3) is 0.152. The number of carbonyl (C=O) groups excluding carboxylic acids is 1. The molecular weight excluding hydrogens is 518 g/mol. The number of carbonyl (C=O) groups is 1. The predicted molar refractivity (Wildman–Crippen MR) is 167 cm³/mol. The first kappa shape index (κ1) is 25.9. The number of rotatable bonds is 5. The molecule has 1 saturated heterocycles. The summed E-state index contributed by atoms with van der Waals surface area (Å²) in [6.45, 7) is 1.92. The third-order valence-electron chi connectivity index (χ3n) is 7.82. The van der Waals surface area contributed by atoms with Crippen molar-refractivity contribution in [3.63, 3.8) is 0 Å². The molecule has 6 aromatic rings. The van der Waals surface area contributed by atoms with Crippen molar-refractivity contribution < 1.29 is 4.79 Å². The van der Waals surface area contributed by atoms with Crippen LogP contribution in [0.1, 0.15) is 23.2 Å². The molecule has 0 unspecified atom stereocenters. The second-order valence-electron chi connectivity index (χ2n) is 10.2. The van der Waals surface area contributed by atoms with Gasteiger partial charge in [0, 0.05) is 45.3 Å². The Kier molecular flexibility index (Phi) is 6.88. The molecule has 2 aromatic heterocycles. The van der Waals surface area contributed by atoms with Crippen LogP contribution in [0.15, 0.2) is 97.2 Å². The van der Waals surface area contributed by atoms with E-state index in [-0.39, 0.29) is 12.4 Å². The number of hydrogen-bond acceptors (Lipinski definition) is 4. The van der Waals surface area contributed by atoms with E-state index in [0.717, 1.165) is 70.4 Å². The molecule has 7 heteroatoms. The van der Waals surface area contributed by atoms with E-state index < -0.39 is 5.91 Å². The summed E-state index contributed by atoms with van der Waals surface area (Å²) in [7, 11) is 0. The van der Waals surface area contributed by atoms with Crippen molar-refractivity contribution in [1.82, 2.24) is 14.9 Å². The summed E-state index contributed by atoms with van der Waals surface area (Å²) < 4.78 is 2.28. The second kappa shape index (κ2) is 10.6. The number of piperidine rings is 1. The largest absolute Gasteiger partial charge is 0.382 e. The molecule has 7 rings (SSSR count). The van der Waals surface area contributed by atoms with Crippen molar-refractivity contribution in [2.24, 2.45) is 5.73 Å². The van der Waals surface area contributed by atoms with E-state index >= 15 is 0 Å². The molecule has 4 N–H and O–H groups in total. The highest BCUT2D eigenvalue weighted by molar-refractivity contribution is 6.16. The van der Waals surface area contributed by atoms with Crippen molar-refractivity contribution in [1.29, 1.82) is 0 Å². The quantitative estimate of drug-likeness (QED) is 0.225. The minimum absolute atomic E-state index is 0. The maximum Gasteiger partial charge on any atom is 0.250 e. The molecule has 0 saturated carbocycles. The van der Waals surface area contributed by atoms with E-state index in [1.807, 2.05) is 36.5 Å². The van der Waals surface area contributed by atoms with Gasteiger partial charge in [0.2, 0.25) is 0 Å². The van der Waals surface area contributed by atoms with E-state index in [1.54, 1.807) is 0 Å². The minimum Gasteiger partial charge on any atom is -0.382 e. The van der Waals surface area contributed by atoms with Crippen LogP contribution in [-0.4, -0.2) is 34.6 Å². The Morgan fingerprint density at radius 1 is 0.900 bits per heavy atom. The van der Waals surface area contributed by atoms with Gasteiger partial charge >= 0.3 is 0 Å². The summed E-state index contributed by atoms with van der Waals surface area (Å²) in [5.74, 6) is -0.425. The molecule has 1 amide bonds. The second-order valence-corrected chi connectivity index (χ2v) is 10.2. The molecule has 40 heavy (non-hydrogen) atoms. The van der Waals surface area contributed by atoms with E-state index in [9.17, 15) is 4.79 Å². The van der Waals surface area contributed by atoms with Crippen LogP contribution in [0.25, 0.3) is 49.5 Å². The van der Waals surface area contributed by atoms with Crippen molar-refractivity contribution in [3.8, 4) is 16.8 Å². The van der Waals surface area contributed by atoms with Crippen molar-refractivity contribution in [2.75, 3.05) is 18.4 Å². The molecule has 0 radical (unpaired) electrons. The Morgan fingerprint density at radius 3 is 2.52 bits per heavy atom. The number of benzene rings is 4. The Balaban J connectivity index is 0.00000289. The summed E-state index contributed by atoms with van der Waals surface area (Å²) in [6, 6.07) is 31.5. The standard InChI is InChI=1S/C33H29N5O.ClH/c34-33(39)26-13-12-24(19-29(26)37-23-14-16-35-17-15-23)38-30-10-4-2-7-27(30)32-25(8-5-11-31(32)38)22-18-21-6-1-3-9-28(21)36-20-22;/h1-13,18-20,23,35,37H,14-17H2,(H2,34,39);1H. The number of nitrogens with two attached hydrogens (primary N) is 1. The number of aromatic nitrogens is 2. The monoisotopic (exact) mass is 547 g/mol. The fourth-order valence-electron chi connectivity index (χ4n) is 5.95. The van der Waals surface area contributed by atoms with Gasteiger partial charge in [-0.2, -0.15) is 0 Å². The molecule has 3 heterocycles. The van der Waals surface area contributed by atoms with Crippen molar-refractivity contribution >= 4 is 56.7 Å². The van der Waals surface area contributed by atoms with Crippen LogP contribution in [0, 0.1) is 0 Å². The Bertz CT molecular complexity index is 1870. The molecule has 6 nitrogen and oxygen atoms in total. The summed E-state index contributed by atoms with van der Waals surface area (Å²) in [6.07, 6.45) is 3.97. The zero-order chi connectivity index (χ0) is 26.3. The third-order valence-corrected chi connectivity index (χ3v) is 7.82. The van der Waals surface area contributed by atoms with Gasteiger partial charge in [-0.05, 0) is 74.0 Å². The van der Waals surface area contributed by atoms with Crippen LogP contribution in [-0.2, 0) is 0 Å². The van der Waals surface area contributed by atoms with Gasteiger partial charge in [-0.25, -0.2) is 0 Å². The van der Waals surface area contributed by atoms with Crippen LogP contribution < -0.4 is 16.4 Å². The number of fused-ring (bicyclic) bond motifs is 4. The Morgan fingerprint density at radius 2 is 1.68 bits per heavy atom. The van der Waals surface area contributed by atoms with Gasteiger partial charge < -0.3 is 20.9 Å². The minimum atomic E-state index is -0.425. The zero-order valence-electron chi connectivity index (χ0n) is 21.9. The summed E-state index contributed by atoms with van der Waals surface area (Å²) in [5.41, 5.74) is 13.5. The molecule has 0 spiro atoms. The number of halogens is 1. The summed E-state index contributed by atoms with van der Waals surface area (Å²) in [5, 5.41) is 10.5. The van der Waals surface area contributed by atoms with Crippen LogP contribution in [0.2, 0.25) is 0 Å². The number of hydrogen-bond donors (Lipinski definition) is 3. The maximum absolute atomic E-state index is 12.3. The molecule has 1 aliphatic rings. The number of primary amides is 1. The molecule has 1 fully saturated rings. The molecule has 0 atom stereocenters. The number of nitrogens with zero attached hydrogens (tertiary/aromatic N) is 2. The number of para-hydroxylation sites is 2. The average Bonchev–Trinajstić information content (AvgIpc) is 3.32. The van der Waals surface area contributed by atoms with Gasteiger partial charge in [0.15, 0.2) is 0 Å². The van der Waals surface area contributed by atoms with E-state index in [1.165, 1.54) is 10.8 Å². The van der Waals surface area contributed by atoms with Gasteiger partial charge in [-0.15, -0.1) is 12.4 Å². The first-order chi connectivity index (χ1) is 19.2. The predicted octanol–water partition coefficient (Wildman–Crippen LogP) is 6.68. The molecule has 0 aliphatic carbocycles. The number of anilines is 1. The van der Waals surface area contributed by atoms with Crippen LogP contribution >= 0.6 is 12.4 Å². The molecule has 200 valence electrons. The Labute approximate surface area is 238 Å². The maximum atomic E-state index is 12.3. The SMILES string of the molecule is Cl.NC(=O)c1ccc(-n2c3ccccc3c3c(-c4cnc5ccccc5c4)cccc32)cc1NC1CCNCC1. The smallest absolute Gasteiger partial charge is 0.250 e. The van der Waals surface area contributed by atoms with E-state index in [4.69, 9.17) is 10.7 Å². The van der Waals surface area contributed by atoms with Gasteiger partial charge in [-0.3, -0.25) is 9.78 Å². The number of pyridine rings is 1. The van der Waals surface area contributed by atoms with Crippen molar-refractivity contribution in [3.05, 3.63) is 103 Å². The lowest BCUT2D eigenvalue weighted by atomic mass is 9.99.